The summed E-state index contributed by atoms with van der Waals surface area (Å²) in [6.07, 6.45) is 12.9. The van der Waals surface area contributed by atoms with Gasteiger partial charge in [0.05, 0.1) is 0 Å². The predicted molar refractivity (Wildman–Crippen MR) is 115 cm³/mol. The summed E-state index contributed by atoms with van der Waals surface area (Å²) in [7, 11) is 1.96. The second kappa shape index (κ2) is 11.1. The van der Waals surface area contributed by atoms with E-state index in [1.807, 2.05) is 44.9 Å². The van der Waals surface area contributed by atoms with Crippen LogP contribution in [0.4, 0.5) is 0 Å². The van der Waals surface area contributed by atoms with Crippen LogP contribution in [0.2, 0.25) is 0 Å². The number of nitrogens with zero attached hydrogens (tertiary/aromatic N) is 1. The molecule has 0 spiro atoms. The Bertz CT molecular complexity index is 675. The summed E-state index contributed by atoms with van der Waals surface area (Å²) in [4.78, 5) is 1.97. The van der Waals surface area contributed by atoms with Crippen LogP contribution in [0.3, 0.4) is 0 Å². The molecule has 0 aliphatic carbocycles. The minimum atomic E-state index is 0.846. The van der Waals surface area contributed by atoms with Crippen molar-refractivity contribution < 1.29 is 0 Å². The molecule has 0 aromatic heterocycles. The van der Waals surface area contributed by atoms with Crippen molar-refractivity contribution in [3.05, 3.63) is 109 Å². The minimum absolute atomic E-state index is 0.846. The van der Waals surface area contributed by atoms with Crippen molar-refractivity contribution in [2.24, 2.45) is 0 Å². The van der Waals surface area contributed by atoms with Gasteiger partial charge in [0.1, 0.15) is 0 Å². The molecule has 0 aliphatic heterocycles. The molecular formula is C24H33N. The molecule has 0 N–H and O–H groups in total. The molecule has 0 amide bonds. The molecule has 0 aromatic carbocycles. The lowest BCUT2D eigenvalue weighted by Gasteiger charge is -2.24. The average molecular weight is 336 g/mol. The van der Waals surface area contributed by atoms with Crippen LogP contribution in [-0.4, -0.2) is 11.9 Å². The third-order valence-electron chi connectivity index (χ3n) is 3.95. The molecule has 0 saturated carbocycles. The van der Waals surface area contributed by atoms with Gasteiger partial charge in [-0.15, -0.1) is 6.58 Å². The van der Waals surface area contributed by atoms with Gasteiger partial charge in [-0.1, -0.05) is 67.8 Å². The highest BCUT2D eigenvalue weighted by Gasteiger charge is 2.10. The van der Waals surface area contributed by atoms with Crippen LogP contribution in [0, 0.1) is 0 Å². The molecule has 0 bridgehead atoms. The Morgan fingerprint density at radius 2 is 1.52 bits per heavy atom. The second-order valence-corrected chi connectivity index (χ2v) is 6.01. The first-order chi connectivity index (χ1) is 11.7. The fourth-order valence-electron chi connectivity index (χ4n) is 2.45. The Hall–Kier alpha value is -2.54. The zero-order chi connectivity index (χ0) is 19.6. The van der Waals surface area contributed by atoms with Crippen LogP contribution in [0.25, 0.3) is 0 Å². The summed E-state index contributed by atoms with van der Waals surface area (Å²) in [5.41, 5.74) is 7.15. The summed E-state index contributed by atoms with van der Waals surface area (Å²) in [6, 6.07) is 0. The molecular weight excluding hydrogens is 302 g/mol. The minimum Gasteiger partial charge on any atom is -0.345 e. The molecule has 0 radical (unpaired) electrons. The fourth-order valence-corrected chi connectivity index (χ4v) is 2.45. The molecule has 0 fully saturated rings. The van der Waals surface area contributed by atoms with E-state index >= 15 is 0 Å². The Morgan fingerprint density at radius 1 is 0.920 bits per heavy atom. The number of rotatable bonds is 10. The van der Waals surface area contributed by atoms with E-state index < -0.39 is 0 Å². The molecule has 0 unspecified atom stereocenters. The molecule has 0 atom stereocenters. The molecule has 134 valence electrons. The summed E-state index contributed by atoms with van der Waals surface area (Å²) < 4.78 is 0. The van der Waals surface area contributed by atoms with E-state index in [1.165, 1.54) is 5.57 Å². The van der Waals surface area contributed by atoms with E-state index in [-0.39, 0.29) is 0 Å². The number of allylic oxidation sites excluding steroid dienone is 10. The van der Waals surface area contributed by atoms with E-state index in [0.29, 0.717) is 0 Å². The van der Waals surface area contributed by atoms with E-state index in [4.69, 9.17) is 0 Å². The summed E-state index contributed by atoms with van der Waals surface area (Å²) in [5, 5.41) is 0. The molecule has 0 aromatic rings. The van der Waals surface area contributed by atoms with E-state index in [9.17, 15) is 0 Å². The van der Waals surface area contributed by atoms with Crippen LogP contribution in [-0.2, 0) is 0 Å². The first kappa shape index (κ1) is 22.5. The SMILES string of the molecule is C=CC/C(C)=C/C(=C/C(=C)N(C)C(=C)/C(C=C)=C/C)C(=C\C)/C(=C)C. The Morgan fingerprint density at radius 3 is 1.92 bits per heavy atom. The predicted octanol–water partition coefficient (Wildman–Crippen LogP) is 7.05. The first-order valence-corrected chi connectivity index (χ1v) is 8.46. The van der Waals surface area contributed by atoms with Gasteiger partial charge in [0.25, 0.3) is 0 Å². The van der Waals surface area contributed by atoms with Gasteiger partial charge in [-0.05, 0) is 56.9 Å². The van der Waals surface area contributed by atoms with Gasteiger partial charge >= 0.3 is 0 Å². The van der Waals surface area contributed by atoms with Crippen molar-refractivity contribution in [1.29, 1.82) is 0 Å². The van der Waals surface area contributed by atoms with Crippen molar-refractivity contribution in [1.82, 2.24) is 4.90 Å². The van der Waals surface area contributed by atoms with Crippen molar-refractivity contribution in [2.45, 2.75) is 34.1 Å². The van der Waals surface area contributed by atoms with Gasteiger partial charge in [0.2, 0.25) is 0 Å². The molecule has 1 nitrogen and oxygen atoms in total. The Kier molecular flexibility index (Phi) is 9.96. The van der Waals surface area contributed by atoms with E-state index in [2.05, 4.69) is 58.0 Å². The lowest BCUT2D eigenvalue weighted by atomic mass is 9.96. The highest BCUT2D eigenvalue weighted by Crippen LogP contribution is 2.25. The summed E-state index contributed by atoms with van der Waals surface area (Å²) in [6.45, 7) is 28.2. The maximum absolute atomic E-state index is 4.22. The standard InChI is InChI=1S/C24H33N/c1-11-15-19(7)16-23(24(14-4)18(5)6)17-20(8)25(10)21(9)22(12-2)13-3/h11-14,16-17H,1-2,5,8-9,15H2,3-4,6-7,10H3/b19-16+,22-13+,23-17-,24-14-. The monoisotopic (exact) mass is 335 g/mol. The lowest BCUT2D eigenvalue weighted by Crippen LogP contribution is -2.16. The van der Waals surface area contributed by atoms with Gasteiger partial charge in [-0.25, -0.2) is 0 Å². The first-order valence-electron chi connectivity index (χ1n) is 8.46. The van der Waals surface area contributed by atoms with Gasteiger partial charge in [0, 0.05) is 18.4 Å². The average Bonchev–Trinajstić information content (AvgIpc) is 2.55. The van der Waals surface area contributed by atoms with Crippen LogP contribution in [0.15, 0.2) is 109 Å². The Labute approximate surface area is 155 Å². The molecule has 0 saturated heterocycles. The molecule has 0 aliphatic rings. The highest BCUT2D eigenvalue weighted by atomic mass is 15.1. The van der Waals surface area contributed by atoms with Gasteiger partial charge in [-0.3, -0.25) is 0 Å². The largest absolute Gasteiger partial charge is 0.345 e. The van der Waals surface area contributed by atoms with Gasteiger partial charge < -0.3 is 4.90 Å². The van der Waals surface area contributed by atoms with Crippen molar-refractivity contribution in [3.8, 4) is 0 Å². The summed E-state index contributed by atoms with van der Waals surface area (Å²) >= 11 is 0. The number of hydrogen-bond donors (Lipinski definition) is 0. The topological polar surface area (TPSA) is 3.24 Å². The van der Waals surface area contributed by atoms with Crippen LogP contribution in [0.1, 0.15) is 34.1 Å². The highest BCUT2D eigenvalue weighted by molar-refractivity contribution is 5.53. The lowest BCUT2D eigenvalue weighted by molar-refractivity contribution is 0.553. The van der Waals surface area contributed by atoms with Crippen LogP contribution >= 0.6 is 0 Å². The molecule has 0 rings (SSSR count). The Balaban J connectivity index is 5.94. The fraction of sp³-hybridized carbons (Fsp3) is 0.250. The third kappa shape index (κ3) is 6.84. The van der Waals surface area contributed by atoms with Crippen LogP contribution in [0.5, 0.6) is 0 Å². The van der Waals surface area contributed by atoms with Gasteiger partial charge in [-0.2, -0.15) is 0 Å². The van der Waals surface area contributed by atoms with E-state index in [0.717, 1.165) is 40.1 Å². The number of likely N-dealkylation sites (N-methyl/N-ethyl adjacent to an activating group) is 1. The number of hydrogen-bond acceptors (Lipinski definition) is 1. The zero-order valence-electron chi connectivity index (χ0n) is 16.7. The molecule has 0 heterocycles. The molecule has 25 heavy (non-hydrogen) atoms. The summed E-state index contributed by atoms with van der Waals surface area (Å²) in [5.74, 6) is 0. The third-order valence-corrected chi connectivity index (χ3v) is 3.95. The van der Waals surface area contributed by atoms with Crippen molar-refractivity contribution in [3.63, 3.8) is 0 Å². The normalized spacial score (nSPS) is 13.3. The smallest absolute Gasteiger partial charge is 0.0404 e. The zero-order valence-corrected chi connectivity index (χ0v) is 16.7. The van der Waals surface area contributed by atoms with Gasteiger partial charge in [0.15, 0.2) is 0 Å². The maximum Gasteiger partial charge on any atom is 0.0404 e. The maximum atomic E-state index is 4.22. The quantitative estimate of drug-likeness (QED) is 0.305. The molecule has 1 heteroatoms. The van der Waals surface area contributed by atoms with Crippen molar-refractivity contribution in [2.75, 3.05) is 7.05 Å². The van der Waals surface area contributed by atoms with Crippen molar-refractivity contribution >= 4 is 0 Å². The van der Waals surface area contributed by atoms with Crippen LogP contribution < -0.4 is 0 Å². The van der Waals surface area contributed by atoms with E-state index in [1.54, 1.807) is 6.08 Å². The second-order valence-electron chi connectivity index (χ2n) is 6.01.